The van der Waals surface area contributed by atoms with Crippen molar-refractivity contribution in [1.82, 2.24) is 10.2 Å². The lowest BCUT2D eigenvalue weighted by Crippen LogP contribution is -2.30. The number of aromatic amines is 1. The molecule has 16 heavy (non-hydrogen) atoms. The Labute approximate surface area is 98.1 Å². The molecule has 2 rings (SSSR count). The van der Waals surface area contributed by atoms with Crippen molar-refractivity contribution in [3.05, 3.63) is 16.3 Å². The normalized spacial score (nSPS) is 16.1. The maximum absolute atomic E-state index is 10.9. The molecule has 0 spiro atoms. The SMILES string of the molecule is O=C(O)c1cc(N2CCCCC2)n[nH]c1=S. The summed E-state index contributed by atoms with van der Waals surface area (Å²) in [5.74, 6) is -0.340. The van der Waals surface area contributed by atoms with Crippen molar-refractivity contribution in [2.75, 3.05) is 18.0 Å². The second-order valence-corrected chi connectivity index (χ2v) is 4.23. The molecular weight excluding hydrogens is 226 g/mol. The molecular formula is C10H13N3O2S. The highest BCUT2D eigenvalue weighted by Gasteiger charge is 2.15. The molecule has 0 amide bonds. The van der Waals surface area contributed by atoms with E-state index in [1.807, 2.05) is 0 Å². The van der Waals surface area contributed by atoms with Crippen molar-refractivity contribution < 1.29 is 9.90 Å². The number of nitrogens with zero attached hydrogens (tertiary/aromatic N) is 2. The third-order valence-electron chi connectivity index (χ3n) is 2.70. The second kappa shape index (κ2) is 4.61. The lowest BCUT2D eigenvalue weighted by molar-refractivity contribution is 0.0695. The van der Waals surface area contributed by atoms with Crippen molar-refractivity contribution in [2.45, 2.75) is 19.3 Å². The van der Waals surface area contributed by atoms with E-state index in [0.717, 1.165) is 25.9 Å². The molecule has 1 aromatic heterocycles. The number of piperidine rings is 1. The average molecular weight is 239 g/mol. The van der Waals surface area contributed by atoms with Crippen LogP contribution >= 0.6 is 12.2 Å². The summed E-state index contributed by atoms with van der Waals surface area (Å²) in [4.78, 5) is 13.0. The van der Waals surface area contributed by atoms with Gasteiger partial charge in [0.05, 0.1) is 5.56 Å². The van der Waals surface area contributed by atoms with E-state index in [1.165, 1.54) is 6.42 Å². The minimum atomic E-state index is -1.01. The Balaban J connectivity index is 2.31. The standard InChI is InChI=1S/C10H13N3O2S/c14-10(15)7-6-8(11-12-9(7)16)13-4-2-1-3-5-13/h6H,1-5H2,(H,12,16)(H,14,15). The molecule has 0 aromatic carbocycles. The van der Waals surface area contributed by atoms with Gasteiger partial charge in [0.2, 0.25) is 0 Å². The molecule has 1 saturated heterocycles. The van der Waals surface area contributed by atoms with Crippen LogP contribution in [-0.4, -0.2) is 34.4 Å². The highest BCUT2D eigenvalue weighted by molar-refractivity contribution is 7.71. The molecule has 1 aliphatic rings. The van der Waals surface area contributed by atoms with E-state index in [0.29, 0.717) is 5.82 Å². The van der Waals surface area contributed by atoms with Crippen LogP contribution in [-0.2, 0) is 0 Å². The fraction of sp³-hybridized carbons (Fsp3) is 0.500. The Morgan fingerprint density at radius 2 is 2.12 bits per heavy atom. The monoisotopic (exact) mass is 239 g/mol. The van der Waals surface area contributed by atoms with E-state index in [2.05, 4.69) is 15.1 Å². The van der Waals surface area contributed by atoms with Crippen LogP contribution in [0.4, 0.5) is 5.82 Å². The van der Waals surface area contributed by atoms with Crippen LogP contribution in [0.1, 0.15) is 29.6 Å². The number of hydrogen-bond acceptors (Lipinski definition) is 4. The number of hydrogen-bond donors (Lipinski definition) is 2. The first-order chi connectivity index (χ1) is 7.68. The Hall–Kier alpha value is -1.43. The number of aromatic nitrogens is 2. The largest absolute Gasteiger partial charge is 0.478 e. The van der Waals surface area contributed by atoms with Gasteiger partial charge in [0.25, 0.3) is 0 Å². The van der Waals surface area contributed by atoms with Gasteiger partial charge in [-0.1, -0.05) is 12.2 Å². The molecule has 86 valence electrons. The van der Waals surface area contributed by atoms with E-state index < -0.39 is 5.97 Å². The van der Waals surface area contributed by atoms with E-state index in [9.17, 15) is 4.79 Å². The minimum absolute atomic E-state index is 0.116. The average Bonchev–Trinajstić information content (AvgIpc) is 2.30. The van der Waals surface area contributed by atoms with Gasteiger partial charge < -0.3 is 10.0 Å². The third kappa shape index (κ3) is 2.21. The number of carbonyl (C=O) groups is 1. The number of carboxylic acid groups (broad SMARTS) is 1. The molecule has 1 aliphatic heterocycles. The molecule has 2 N–H and O–H groups in total. The molecule has 1 aromatic rings. The van der Waals surface area contributed by atoms with Crippen LogP contribution in [0, 0.1) is 4.64 Å². The van der Waals surface area contributed by atoms with Crippen LogP contribution in [0.25, 0.3) is 0 Å². The van der Waals surface area contributed by atoms with Crippen molar-refractivity contribution in [3.63, 3.8) is 0 Å². The molecule has 5 nitrogen and oxygen atoms in total. The molecule has 0 saturated carbocycles. The lowest BCUT2D eigenvalue weighted by Gasteiger charge is -2.27. The lowest BCUT2D eigenvalue weighted by atomic mass is 10.1. The third-order valence-corrected chi connectivity index (χ3v) is 3.01. The van der Waals surface area contributed by atoms with Crippen LogP contribution in [0.15, 0.2) is 6.07 Å². The summed E-state index contributed by atoms with van der Waals surface area (Å²) in [6.07, 6.45) is 3.48. The summed E-state index contributed by atoms with van der Waals surface area (Å²) >= 11 is 4.87. The summed E-state index contributed by atoms with van der Waals surface area (Å²) in [7, 11) is 0. The zero-order valence-electron chi connectivity index (χ0n) is 8.77. The summed E-state index contributed by atoms with van der Waals surface area (Å²) in [6, 6.07) is 1.55. The molecule has 2 heterocycles. The first-order valence-corrected chi connectivity index (χ1v) is 5.67. The number of carboxylic acids is 1. The number of nitrogens with one attached hydrogen (secondary N) is 1. The van der Waals surface area contributed by atoms with E-state index in [-0.39, 0.29) is 10.2 Å². The predicted molar refractivity (Wildman–Crippen MR) is 62.4 cm³/mol. The smallest absolute Gasteiger partial charge is 0.338 e. The molecule has 0 bridgehead atoms. The summed E-state index contributed by atoms with van der Waals surface area (Å²) in [5, 5.41) is 15.6. The Morgan fingerprint density at radius 1 is 1.44 bits per heavy atom. The molecule has 1 fully saturated rings. The van der Waals surface area contributed by atoms with Gasteiger partial charge in [-0.3, -0.25) is 5.10 Å². The Morgan fingerprint density at radius 3 is 2.75 bits per heavy atom. The Kier molecular flexibility index (Phi) is 3.19. The minimum Gasteiger partial charge on any atom is -0.478 e. The van der Waals surface area contributed by atoms with Gasteiger partial charge in [0.15, 0.2) is 0 Å². The number of anilines is 1. The molecule has 0 aliphatic carbocycles. The summed E-state index contributed by atoms with van der Waals surface area (Å²) in [5.41, 5.74) is 0.116. The van der Waals surface area contributed by atoms with Crippen molar-refractivity contribution >= 4 is 24.0 Å². The zero-order chi connectivity index (χ0) is 11.5. The van der Waals surface area contributed by atoms with Gasteiger partial charge in [-0.25, -0.2) is 4.79 Å². The van der Waals surface area contributed by atoms with Gasteiger partial charge in [0.1, 0.15) is 10.5 Å². The number of H-pyrrole nitrogens is 1. The quantitative estimate of drug-likeness (QED) is 0.770. The van der Waals surface area contributed by atoms with Crippen LogP contribution in [0.3, 0.4) is 0 Å². The highest BCUT2D eigenvalue weighted by atomic mass is 32.1. The van der Waals surface area contributed by atoms with Crippen molar-refractivity contribution in [2.24, 2.45) is 0 Å². The maximum Gasteiger partial charge on any atom is 0.338 e. The van der Waals surface area contributed by atoms with Crippen LogP contribution in [0.5, 0.6) is 0 Å². The fourth-order valence-electron chi connectivity index (χ4n) is 1.84. The maximum atomic E-state index is 10.9. The molecule has 0 radical (unpaired) electrons. The molecule has 0 atom stereocenters. The van der Waals surface area contributed by atoms with Gasteiger partial charge in [0, 0.05) is 13.1 Å². The van der Waals surface area contributed by atoms with Gasteiger partial charge >= 0.3 is 5.97 Å². The molecule has 6 heteroatoms. The Bertz CT molecular complexity index is 452. The second-order valence-electron chi connectivity index (χ2n) is 3.82. The van der Waals surface area contributed by atoms with Crippen molar-refractivity contribution in [1.29, 1.82) is 0 Å². The zero-order valence-corrected chi connectivity index (χ0v) is 9.59. The molecule has 0 unspecified atom stereocenters. The van der Waals surface area contributed by atoms with Crippen molar-refractivity contribution in [3.8, 4) is 0 Å². The van der Waals surface area contributed by atoms with E-state index in [4.69, 9.17) is 17.3 Å². The summed E-state index contributed by atoms with van der Waals surface area (Å²) < 4.78 is 0.174. The van der Waals surface area contributed by atoms with Crippen LogP contribution < -0.4 is 4.90 Å². The number of aromatic carboxylic acids is 1. The highest BCUT2D eigenvalue weighted by Crippen LogP contribution is 2.18. The fourth-order valence-corrected chi connectivity index (χ4v) is 2.03. The summed E-state index contributed by atoms with van der Waals surface area (Å²) in [6.45, 7) is 1.85. The van der Waals surface area contributed by atoms with E-state index >= 15 is 0 Å². The first-order valence-electron chi connectivity index (χ1n) is 5.26. The van der Waals surface area contributed by atoms with E-state index in [1.54, 1.807) is 6.07 Å². The van der Waals surface area contributed by atoms with Gasteiger partial charge in [-0.2, -0.15) is 5.10 Å². The van der Waals surface area contributed by atoms with Gasteiger partial charge in [-0.05, 0) is 25.3 Å². The predicted octanol–water partition coefficient (Wildman–Crippen LogP) is 1.83. The van der Waals surface area contributed by atoms with Gasteiger partial charge in [-0.15, -0.1) is 0 Å². The topological polar surface area (TPSA) is 69.2 Å². The number of rotatable bonds is 2. The first kappa shape index (κ1) is 11.1. The van der Waals surface area contributed by atoms with Crippen LogP contribution in [0.2, 0.25) is 0 Å².